The van der Waals surface area contributed by atoms with Crippen LogP contribution in [0.2, 0.25) is 5.02 Å². The first-order valence-corrected chi connectivity index (χ1v) is 5.47. The SMILES string of the molecule is [CH2]OCCC/C=C/Cc1ccc(Cl)cc1. The molecule has 0 unspecified atom stereocenters. The summed E-state index contributed by atoms with van der Waals surface area (Å²) in [5, 5.41) is 0.787. The monoisotopic (exact) mass is 223 g/mol. The highest BCUT2D eigenvalue weighted by Gasteiger charge is 1.89. The van der Waals surface area contributed by atoms with E-state index in [0.717, 1.165) is 30.9 Å². The van der Waals surface area contributed by atoms with Crippen LogP contribution in [0.15, 0.2) is 36.4 Å². The summed E-state index contributed by atoms with van der Waals surface area (Å²) >= 11 is 5.79. The third-order valence-corrected chi connectivity index (χ3v) is 2.34. The van der Waals surface area contributed by atoms with Crippen molar-refractivity contribution in [3.8, 4) is 0 Å². The number of halogens is 1. The number of ether oxygens (including phenoxy) is 1. The molecule has 0 aromatic heterocycles. The van der Waals surface area contributed by atoms with Gasteiger partial charge >= 0.3 is 0 Å². The Labute approximate surface area is 96.7 Å². The van der Waals surface area contributed by atoms with E-state index in [9.17, 15) is 0 Å². The molecule has 1 aromatic carbocycles. The van der Waals surface area contributed by atoms with Crippen molar-refractivity contribution in [1.82, 2.24) is 0 Å². The fourth-order valence-electron chi connectivity index (χ4n) is 1.26. The number of benzene rings is 1. The lowest BCUT2D eigenvalue weighted by molar-refractivity contribution is 0.238. The van der Waals surface area contributed by atoms with Gasteiger partial charge in [-0.15, -0.1) is 0 Å². The molecule has 0 spiro atoms. The summed E-state index contributed by atoms with van der Waals surface area (Å²) in [5.41, 5.74) is 1.28. The Bertz CT molecular complexity index is 290. The molecule has 0 amide bonds. The zero-order valence-electron chi connectivity index (χ0n) is 8.79. The molecule has 1 aromatic rings. The van der Waals surface area contributed by atoms with Crippen LogP contribution in [0.5, 0.6) is 0 Å². The van der Waals surface area contributed by atoms with E-state index in [1.165, 1.54) is 5.56 Å². The highest BCUT2D eigenvalue weighted by Crippen LogP contribution is 2.10. The van der Waals surface area contributed by atoms with Gasteiger partial charge in [-0.05, 0) is 37.0 Å². The normalized spacial score (nSPS) is 11.1. The predicted molar refractivity (Wildman–Crippen MR) is 64.8 cm³/mol. The van der Waals surface area contributed by atoms with E-state index < -0.39 is 0 Å². The van der Waals surface area contributed by atoms with Gasteiger partial charge < -0.3 is 4.74 Å². The Kier molecular flexibility index (Phi) is 6.14. The van der Waals surface area contributed by atoms with Crippen molar-refractivity contribution in [2.45, 2.75) is 19.3 Å². The van der Waals surface area contributed by atoms with Gasteiger partial charge in [0.2, 0.25) is 0 Å². The van der Waals surface area contributed by atoms with Crippen LogP contribution < -0.4 is 0 Å². The average molecular weight is 224 g/mol. The van der Waals surface area contributed by atoms with Crippen LogP contribution in [0.3, 0.4) is 0 Å². The molecular formula is C13H16ClO. The minimum atomic E-state index is 0.727. The number of hydrogen-bond donors (Lipinski definition) is 0. The van der Waals surface area contributed by atoms with Crippen molar-refractivity contribution >= 4 is 11.6 Å². The highest BCUT2D eigenvalue weighted by atomic mass is 35.5. The van der Waals surface area contributed by atoms with Crippen LogP contribution in [0.1, 0.15) is 18.4 Å². The maximum Gasteiger partial charge on any atom is 0.0700 e. The van der Waals surface area contributed by atoms with Crippen LogP contribution in [-0.2, 0) is 11.2 Å². The van der Waals surface area contributed by atoms with Crippen molar-refractivity contribution in [2.75, 3.05) is 6.61 Å². The van der Waals surface area contributed by atoms with Gasteiger partial charge in [-0.3, -0.25) is 0 Å². The summed E-state index contributed by atoms with van der Waals surface area (Å²) in [6.07, 6.45) is 7.38. The lowest BCUT2D eigenvalue weighted by Crippen LogP contribution is -1.84. The van der Waals surface area contributed by atoms with Crippen LogP contribution in [-0.4, -0.2) is 6.61 Å². The Hall–Kier alpha value is -0.790. The molecule has 0 aliphatic carbocycles. The first kappa shape index (κ1) is 12.3. The van der Waals surface area contributed by atoms with Gasteiger partial charge in [0, 0.05) is 11.6 Å². The summed E-state index contributed by atoms with van der Waals surface area (Å²) in [6.45, 7) is 0.727. The van der Waals surface area contributed by atoms with Crippen molar-refractivity contribution in [3.05, 3.63) is 54.1 Å². The Morgan fingerprint density at radius 3 is 2.60 bits per heavy atom. The largest absolute Gasteiger partial charge is 0.379 e. The average Bonchev–Trinajstić information content (AvgIpc) is 2.26. The van der Waals surface area contributed by atoms with Crippen molar-refractivity contribution in [3.63, 3.8) is 0 Å². The van der Waals surface area contributed by atoms with Gasteiger partial charge in [-0.1, -0.05) is 35.9 Å². The van der Waals surface area contributed by atoms with Crippen LogP contribution >= 0.6 is 11.6 Å². The van der Waals surface area contributed by atoms with Gasteiger partial charge in [-0.25, -0.2) is 0 Å². The van der Waals surface area contributed by atoms with Gasteiger partial charge in [-0.2, -0.15) is 0 Å². The summed E-state index contributed by atoms with van der Waals surface area (Å²) in [5.74, 6) is 0. The molecule has 1 nitrogen and oxygen atoms in total. The third-order valence-electron chi connectivity index (χ3n) is 2.09. The standard InChI is InChI=1S/C13H16ClO/c1-15-11-5-3-2-4-6-12-7-9-13(14)10-8-12/h2,4,7-10H,1,3,5-6,11H2/b4-2+. The molecule has 0 fully saturated rings. The van der Waals surface area contributed by atoms with Gasteiger partial charge in [0.25, 0.3) is 0 Å². The molecule has 81 valence electrons. The Morgan fingerprint density at radius 1 is 1.20 bits per heavy atom. The second-order valence-electron chi connectivity index (χ2n) is 3.35. The van der Waals surface area contributed by atoms with Gasteiger partial charge in [0.1, 0.15) is 0 Å². The fraction of sp³-hybridized carbons (Fsp3) is 0.308. The van der Waals surface area contributed by atoms with E-state index in [0.29, 0.717) is 0 Å². The smallest absolute Gasteiger partial charge is 0.0700 e. The molecule has 0 saturated carbocycles. The minimum absolute atomic E-state index is 0.727. The quantitative estimate of drug-likeness (QED) is 0.523. The number of unbranched alkanes of at least 4 members (excludes halogenated alkanes) is 1. The van der Waals surface area contributed by atoms with E-state index in [-0.39, 0.29) is 0 Å². The summed E-state index contributed by atoms with van der Waals surface area (Å²) < 4.78 is 4.72. The number of hydrogen-bond acceptors (Lipinski definition) is 1. The van der Waals surface area contributed by atoms with Crippen LogP contribution in [0.25, 0.3) is 0 Å². The summed E-state index contributed by atoms with van der Waals surface area (Å²) in [4.78, 5) is 0. The van der Waals surface area contributed by atoms with Crippen molar-refractivity contribution in [1.29, 1.82) is 0 Å². The minimum Gasteiger partial charge on any atom is -0.379 e. The van der Waals surface area contributed by atoms with E-state index in [1.807, 2.05) is 24.3 Å². The second kappa shape index (κ2) is 7.49. The van der Waals surface area contributed by atoms with Gasteiger partial charge in [0.05, 0.1) is 7.11 Å². The lowest BCUT2D eigenvalue weighted by atomic mass is 10.1. The molecule has 0 aliphatic heterocycles. The third kappa shape index (κ3) is 5.60. The maximum atomic E-state index is 5.79. The summed E-state index contributed by atoms with van der Waals surface area (Å²) in [7, 11) is 3.32. The zero-order valence-corrected chi connectivity index (χ0v) is 9.54. The topological polar surface area (TPSA) is 9.23 Å². The van der Waals surface area contributed by atoms with Crippen LogP contribution in [0.4, 0.5) is 0 Å². The Balaban J connectivity index is 2.22. The van der Waals surface area contributed by atoms with Crippen molar-refractivity contribution in [2.24, 2.45) is 0 Å². The summed E-state index contributed by atoms with van der Waals surface area (Å²) in [6, 6.07) is 7.93. The number of allylic oxidation sites excluding steroid dienone is 2. The van der Waals surface area contributed by atoms with E-state index >= 15 is 0 Å². The molecule has 0 atom stereocenters. The molecule has 0 bridgehead atoms. The highest BCUT2D eigenvalue weighted by molar-refractivity contribution is 6.30. The van der Waals surface area contributed by atoms with Gasteiger partial charge in [0.15, 0.2) is 0 Å². The van der Waals surface area contributed by atoms with E-state index in [4.69, 9.17) is 16.3 Å². The molecule has 1 radical (unpaired) electrons. The lowest BCUT2D eigenvalue weighted by Gasteiger charge is -1.96. The second-order valence-corrected chi connectivity index (χ2v) is 3.79. The van der Waals surface area contributed by atoms with E-state index in [1.54, 1.807) is 0 Å². The fourth-order valence-corrected chi connectivity index (χ4v) is 1.39. The zero-order chi connectivity index (χ0) is 10.9. The molecule has 0 aliphatic rings. The Morgan fingerprint density at radius 2 is 1.93 bits per heavy atom. The molecule has 0 N–H and O–H groups in total. The molecule has 1 rings (SSSR count). The van der Waals surface area contributed by atoms with Crippen LogP contribution in [0, 0.1) is 7.11 Å². The number of rotatable bonds is 6. The first-order chi connectivity index (χ1) is 7.33. The molecule has 0 saturated heterocycles. The first-order valence-electron chi connectivity index (χ1n) is 5.09. The molecular weight excluding hydrogens is 208 g/mol. The van der Waals surface area contributed by atoms with E-state index in [2.05, 4.69) is 19.3 Å². The maximum absolute atomic E-state index is 5.79. The predicted octanol–water partition coefficient (Wildman–Crippen LogP) is 4.03. The molecule has 15 heavy (non-hydrogen) atoms. The molecule has 2 heteroatoms. The van der Waals surface area contributed by atoms with Crippen molar-refractivity contribution < 1.29 is 4.74 Å². The molecule has 0 heterocycles.